The highest BCUT2D eigenvalue weighted by Crippen LogP contribution is 2.19. The summed E-state index contributed by atoms with van der Waals surface area (Å²) in [5, 5.41) is 5.32. The summed E-state index contributed by atoms with van der Waals surface area (Å²) < 4.78 is 28.3. The van der Waals surface area contributed by atoms with Crippen molar-refractivity contribution in [3.63, 3.8) is 0 Å². The molecule has 122 valence electrons. The number of hydrogen-bond donors (Lipinski definition) is 2. The summed E-state index contributed by atoms with van der Waals surface area (Å²) >= 11 is 0. The average Bonchev–Trinajstić information content (AvgIpc) is 2.49. The quantitative estimate of drug-likeness (QED) is 0.809. The van der Waals surface area contributed by atoms with E-state index in [1.165, 1.54) is 29.8 Å². The predicted molar refractivity (Wildman–Crippen MR) is 86.2 cm³/mol. The second-order valence-electron chi connectivity index (χ2n) is 5.26. The molecular weight excluding hydrogens is 302 g/mol. The molecule has 0 fully saturated rings. The van der Waals surface area contributed by atoms with E-state index in [0.717, 1.165) is 0 Å². The molecule has 0 aliphatic heterocycles. The van der Waals surface area contributed by atoms with Gasteiger partial charge < -0.3 is 15.4 Å². The van der Waals surface area contributed by atoms with Crippen LogP contribution in [0.5, 0.6) is 5.75 Å². The van der Waals surface area contributed by atoms with E-state index in [-0.39, 0.29) is 5.75 Å². The summed E-state index contributed by atoms with van der Waals surface area (Å²) in [6.45, 7) is 1.32. The number of rotatable bonds is 5. The van der Waals surface area contributed by atoms with Gasteiger partial charge in [0.1, 0.15) is 5.75 Å². The smallest absolute Gasteiger partial charge is 0.387 e. The number of carbonyl (C=O) groups excluding carboxylic acids is 1. The number of benzene rings is 2. The molecule has 2 amide bonds. The molecule has 0 saturated heterocycles. The van der Waals surface area contributed by atoms with Crippen LogP contribution < -0.4 is 15.4 Å². The van der Waals surface area contributed by atoms with Crippen molar-refractivity contribution in [2.75, 3.05) is 10.6 Å². The number of anilines is 2. The molecule has 0 spiro atoms. The normalized spacial score (nSPS) is 10.7. The van der Waals surface area contributed by atoms with E-state index < -0.39 is 12.6 Å². The van der Waals surface area contributed by atoms with E-state index in [1.54, 1.807) is 0 Å². The first kappa shape index (κ1) is 16.7. The summed E-state index contributed by atoms with van der Waals surface area (Å²) in [6, 6.07) is 12.8. The minimum absolute atomic E-state index is 0.0373. The highest BCUT2D eigenvalue weighted by molar-refractivity contribution is 5.99. The second kappa shape index (κ2) is 7.58. The van der Waals surface area contributed by atoms with Gasteiger partial charge in [0, 0.05) is 11.4 Å². The van der Waals surface area contributed by atoms with E-state index in [4.69, 9.17) is 0 Å². The Morgan fingerprint density at radius 2 is 1.39 bits per heavy atom. The molecule has 0 atom stereocenters. The van der Waals surface area contributed by atoms with Gasteiger partial charge in [-0.1, -0.05) is 26.0 Å². The van der Waals surface area contributed by atoms with E-state index >= 15 is 0 Å². The van der Waals surface area contributed by atoms with Crippen molar-refractivity contribution in [1.82, 2.24) is 0 Å². The largest absolute Gasteiger partial charge is 0.435 e. The lowest BCUT2D eigenvalue weighted by molar-refractivity contribution is -0.0498. The zero-order valence-corrected chi connectivity index (χ0v) is 12.8. The molecule has 2 aromatic rings. The van der Waals surface area contributed by atoms with Crippen LogP contribution in [0.1, 0.15) is 25.3 Å². The predicted octanol–water partition coefficient (Wildman–Crippen LogP) is 5.06. The fraction of sp³-hybridized carbons (Fsp3) is 0.235. The van der Waals surface area contributed by atoms with Crippen LogP contribution in [-0.4, -0.2) is 12.6 Å². The lowest BCUT2D eigenvalue weighted by Crippen LogP contribution is -2.19. The van der Waals surface area contributed by atoms with Gasteiger partial charge in [-0.3, -0.25) is 0 Å². The Kier molecular flexibility index (Phi) is 5.51. The number of alkyl halides is 2. The lowest BCUT2D eigenvalue weighted by Gasteiger charge is -2.10. The molecule has 0 radical (unpaired) electrons. The number of hydrogen-bond acceptors (Lipinski definition) is 2. The molecule has 0 unspecified atom stereocenters. The number of amides is 2. The van der Waals surface area contributed by atoms with Gasteiger partial charge in [0.2, 0.25) is 0 Å². The Morgan fingerprint density at radius 1 is 0.913 bits per heavy atom. The van der Waals surface area contributed by atoms with Crippen LogP contribution in [0, 0.1) is 0 Å². The van der Waals surface area contributed by atoms with Gasteiger partial charge in [0.25, 0.3) is 0 Å². The summed E-state index contributed by atoms with van der Waals surface area (Å²) in [5.41, 5.74) is 2.33. The molecule has 4 nitrogen and oxygen atoms in total. The number of nitrogens with one attached hydrogen (secondary N) is 2. The number of urea groups is 1. The topological polar surface area (TPSA) is 50.4 Å². The fourth-order valence-electron chi connectivity index (χ4n) is 1.96. The third-order valence-electron chi connectivity index (χ3n) is 3.17. The van der Waals surface area contributed by atoms with Crippen LogP contribution in [0.4, 0.5) is 25.0 Å². The number of ether oxygens (including phenoxy) is 1. The minimum atomic E-state index is -2.87. The van der Waals surface area contributed by atoms with E-state index in [9.17, 15) is 13.6 Å². The van der Waals surface area contributed by atoms with Gasteiger partial charge in [-0.2, -0.15) is 8.78 Å². The first-order valence-electron chi connectivity index (χ1n) is 7.17. The van der Waals surface area contributed by atoms with Gasteiger partial charge >= 0.3 is 12.6 Å². The molecule has 2 aromatic carbocycles. The molecular formula is C17H18F2N2O2. The molecule has 0 heterocycles. The van der Waals surface area contributed by atoms with Crippen molar-refractivity contribution in [1.29, 1.82) is 0 Å². The van der Waals surface area contributed by atoms with E-state index in [2.05, 4.69) is 29.2 Å². The van der Waals surface area contributed by atoms with Gasteiger partial charge in [-0.15, -0.1) is 0 Å². The molecule has 0 saturated carbocycles. The Bertz CT molecular complexity index is 641. The molecule has 0 bridgehead atoms. The standard InChI is InChI=1S/C17H18F2N2O2/c1-11(2)12-3-5-13(6-4-12)20-17(22)21-14-7-9-15(10-8-14)23-16(18)19/h3-11,16H,1-2H3,(H2,20,21,22). The van der Waals surface area contributed by atoms with Crippen molar-refractivity contribution >= 4 is 17.4 Å². The van der Waals surface area contributed by atoms with Gasteiger partial charge in [0.05, 0.1) is 0 Å². The van der Waals surface area contributed by atoms with E-state index in [1.807, 2.05) is 24.3 Å². The lowest BCUT2D eigenvalue weighted by atomic mass is 10.0. The molecule has 2 rings (SSSR count). The summed E-state index contributed by atoms with van der Waals surface area (Å²) in [7, 11) is 0. The van der Waals surface area contributed by atoms with Crippen molar-refractivity contribution in [2.24, 2.45) is 0 Å². The summed E-state index contributed by atoms with van der Waals surface area (Å²) in [4.78, 5) is 11.9. The first-order valence-corrected chi connectivity index (χ1v) is 7.17. The van der Waals surface area contributed by atoms with E-state index in [0.29, 0.717) is 17.3 Å². The second-order valence-corrected chi connectivity index (χ2v) is 5.26. The maximum absolute atomic E-state index is 12.0. The molecule has 2 N–H and O–H groups in total. The van der Waals surface area contributed by atoms with Crippen molar-refractivity contribution in [3.05, 3.63) is 54.1 Å². The van der Waals surface area contributed by atoms with Crippen molar-refractivity contribution < 1.29 is 18.3 Å². The average molecular weight is 320 g/mol. The van der Waals surface area contributed by atoms with Gasteiger partial charge in [0.15, 0.2) is 0 Å². The van der Waals surface area contributed by atoms with Crippen LogP contribution in [0.25, 0.3) is 0 Å². The maximum atomic E-state index is 12.0. The molecule has 0 aliphatic rings. The van der Waals surface area contributed by atoms with Crippen LogP contribution in [0.3, 0.4) is 0 Å². The van der Waals surface area contributed by atoms with Crippen LogP contribution in [-0.2, 0) is 0 Å². The third kappa shape index (κ3) is 5.25. The SMILES string of the molecule is CC(C)c1ccc(NC(=O)Nc2ccc(OC(F)F)cc2)cc1. The summed E-state index contributed by atoms with van der Waals surface area (Å²) in [6.07, 6.45) is 0. The highest BCUT2D eigenvalue weighted by atomic mass is 19.3. The van der Waals surface area contributed by atoms with Gasteiger partial charge in [-0.25, -0.2) is 4.79 Å². The van der Waals surface area contributed by atoms with Crippen LogP contribution in [0.2, 0.25) is 0 Å². The van der Waals surface area contributed by atoms with Crippen LogP contribution >= 0.6 is 0 Å². The number of carbonyl (C=O) groups is 1. The first-order chi connectivity index (χ1) is 10.9. The van der Waals surface area contributed by atoms with Crippen molar-refractivity contribution in [3.8, 4) is 5.75 Å². The van der Waals surface area contributed by atoms with Gasteiger partial charge in [-0.05, 0) is 47.9 Å². The third-order valence-corrected chi connectivity index (χ3v) is 3.17. The zero-order valence-electron chi connectivity index (χ0n) is 12.8. The summed E-state index contributed by atoms with van der Waals surface area (Å²) in [5.74, 6) is 0.460. The monoisotopic (exact) mass is 320 g/mol. The zero-order chi connectivity index (χ0) is 16.8. The Morgan fingerprint density at radius 3 is 1.83 bits per heavy atom. The molecule has 6 heteroatoms. The molecule has 23 heavy (non-hydrogen) atoms. The maximum Gasteiger partial charge on any atom is 0.387 e. The van der Waals surface area contributed by atoms with Crippen LogP contribution in [0.15, 0.2) is 48.5 Å². The number of halogens is 2. The molecule has 0 aliphatic carbocycles. The fourth-order valence-corrected chi connectivity index (χ4v) is 1.96. The Hall–Kier alpha value is -2.63. The highest BCUT2D eigenvalue weighted by Gasteiger charge is 2.06. The van der Waals surface area contributed by atoms with Crippen molar-refractivity contribution in [2.45, 2.75) is 26.4 Å². The minimum Gasteiger partial charge on any atom is -0.435 e. The molecule has 0 aromatic heterocycles. The Balaban J connectivity index is 1.91. The Labute approximate surface area is 133 Å².